The number of nitrogens with one attached hydrogen (secondary N) is 1. The van der Waals surface area contributed by atoms with Crippen LogP contribution in [0.15, 0.2) is 42.5 Å². The summed E-state index contributed by atoms with van der Waals surface area (Å²) >= 11 is 1.09. The van der Waals surface area contributed by atoms with E-state index in [1.54, 1.807) is 57.7 Å². The first-order valence-electron chi connectivity index (χ1n) is 8.25. The summed E-state index contributed by atoms with van der Waals surface area (Å²) in [4.78, 5) is 16.4. The minimum atomic E-state index is -0.328. The number of aromatic nitrogens is 2. The Labute approximate surface area is 166 Å². The highest BCUT2D eigenvalue weighted by molar-refractivity contribution is 7.10. The number of rotatable bonds is 8. The Balaban J connectivity index is 1.60. The summed E-state index contributed by atoms with van der Waals surface area (Å²) in [5.74, 6) is 2.63. The quantitative estimate of drug-likeness (QED) is 0.619. The van der Waals surface area contributed by atoms with Crippen molar-refractivity contribution in [3.05, 3.63) is 42.5 Å². The molecule has 9 heteroatoms. The van der Waals surface area contributed by atoms with Crippen LogP contribution in [0.5, 0.6) is 23.0 Å². The van der Waals surface area contributed by atoms with Crippen molar-refractivity contribution < 1.29 is 23.7 Å². The van der Waals surface area contributed by atoms with Gasteiger partial charge in [-0.1, -0.05) is 0 Å². The zero-order valence-corrected chi connectivity index (χ0v) is 16.4. The number of nitrogens with zero attached hydrogens (tertiary/aromatic N) is 2. The second-order valence-electron chi connectivity index (χ2n) is 5.51. The van der Waals surface area contributed by atoms with Crippen LogP contribution >= 0.6 is 11.5 Å². The second kappa shape index (κ2) is 9.05. The molecule has 1 N–H and O–H groups in total. The Bertz CT molecular complexity index is 943. The van der Waals surface area contributed by atoms with E-state index < -0.39 is 0 Å². The van der Waals surface area contributed by atoms with E-state index in [4.69, 9.17) is 18.9 Å². The molecule has 8 nitrogen and oxygen atoms in total. The predicted octanol–water partition coefficient (Wildman–Crippen LogP) is 3.25. The molecule has 0 fully saturated rings. The summed E-state index contributed by atoms with van der Waals surface area (Å²) in [7, 11) is 4.71. The first-order valence-corrected chi connectivity index (χ1v) is 9.03. The van der Waals surface area contributed by atoms with Crippen molar-refractivity contribution >= 4 is 22.6 Å². The van der Waals surface area contributed by atoms with Crippen molar-refractivity contribution in [2.75, 3.05) is 33.3 Å². The molecule has 28 heavy (non-hydrogen) atoms. The van der Waals surface area contributed by atoms with Crippen LogP contribution < -0.4 is 24.3 Å². The van der Waals surface area contributed by atoms with Gasteiger partial charge in [0.25, 0.3) is 5.91 Å². The highest BCUT2D eigenvalue weighted by Crippen LogP contribution is 2.32. The van der Waals surface area contributed by atoms with Crippen LogP contribution in [0.25, 0.3) is 11.4 Å². The topological polar surface area (TPSA) is 91.8 Å². The molecule has 0 spiro atoms. The standard InChI is InChI=1S/C19H19N3O5S/c1-24-13-5-7-14(8-6-13)27-11-17(23)20-19-21-18(22-28-19)12-4-9-15(25-2)16(10-12)26-3/h4-10H,11H2,1-3H3,(H,20,21,22,23). The third-order valence-electron chi connectivity index (χ3n) is 3.74. The maximum atomic E-state index is 12.1. The van der Waals surface area contributed by atoms with Gasteiger partial charge < -0.3 is 18.9 Å². The number of carbonyl (C=O) groups is 1. The lowest BCUT2D eigenvalue weighted by atomic mass is 10.2. The number of benzene rings is 2. The first-order chi connectivity index (χ1) is 13.6. The summed E-state index contributed by atoms with van der Waals surface area (Å²) in [5, 5.41) is 3.06. The Morgan fingerprint density at radius 3 is 2.36 bits per heavy atom. The molecular formula is C19H19N3O5S. The van der Waals surface area contributed by atoms with Gasteiger partial charge in [-0.05, 0) is 42.5 Å². The fourth-order valence-electron chi connectivity index (χ4n) is 2.34. The molecule has 0 unspecified atom stereocenters. The highest BCUT2D eigenvalue weighted by atomic mass is 32.1. The van der Waals surface area contributed by atoms with Crippen LogP contribution in [0, 0.1) is 0 Å². The maximum absolute atomic E-state index is 12.1. The van der Waals surface area contributed by atoms with E-state index in [-0.39, 0.29) is 12.5 Å². The lowest BCUT2D eigenvalue weighted by Crippen LogP contribution is -2.20. The fraction of sp³-hybridized carbons (Fsp3) is 0.211. The lowest BCUT2D eigenvalue weighted by Gasteiger charge is -2.08. The average molecular weight is 401 g/mol. The van der Waals surface area contributed by atoms with Gasteiger partial charge in [0.15, 0.2) is 23.9 Å². The number of methoxy groups -OCH3 is 3. The first kappa shape index (κ1) is 19.4. The fourth-order valence-corrected chi connectivity index (χ4v) is 2.95. The average Bonchev–Trinajstić information content (AvgIpc) is 3.20. The molecule has 1 aromatic heterocycles. The van der Waals surface area contributed by atoms with Crippen molar-refractivity contribution in [3.8, 4) is 34.4 Å². The van der Waals surface area contributed by atoms with Gasteiger partial charge in [-0.15, -0.1) is 0 Å². The van der Waals surface area contributed by atoms with Crippen molar-refractivity contribution in [1.29, 1.82) is 0 Å². The summed E-state index contributed by atoms with van der Waals surface area (Å²) < 4.78 is 25.3. The molecule has 0 aliphatic carbocycles. The van der Waals surface area contributed by atoms with Crippen LogP contribution in [0.2, 0.25) is 0 Å². The third-order valence-corrected chi connectivity index (χ3v) is 4.37. The Morgan fingerprint density at radius 1 is 0.964 bits per heavy atom. The summed E-state index contributed by atoms with van der Waals surface area (Å²) in [6, 6.07) is 12.3. The van der Waals surface area contributed by atoms with Crippen molar-refractivity contribution in [3.63, 3.8) is 0 Å². The molecule has 3 rings (SSSR count). The molecule has 0 aliphatic rings. The van der Waals surface area contributed by atoms with Gasteiger partial charge in [-0.25, -0.2) is 0 Å². The molecule has 2 aromatic carbocycles. The lowest BCUT2D eigenvalue weighted by molar-refractivity contribution is -0.118. The molecule has 1 heterocycles. The Morgan fingerprint density at radius 2 is 1.68 bits per heavy atom. The molecule has 0 radical (unpaired) electrons. The van der Waals surface area contributed by atoms with Crippen LogP contribution in [0.4, 0.5) is 5.13 Å². The van der Waals surface area contributed by atoms with Crippen LogP contribution in [-0.4, -0.2) is 43.2 Å². The number of hydrogen-bond donors (Lipinski definition) is 1. The number of ether oxygens (including phenoxy) is 4. The molecule has 1 amide bonds. The zero-order chi connectivity index (χ0) is 19.9. The summed E-state index contributed by atoms with van der Waals surface area (Å²) in [6.07, 6.45) is 0. The normalized spacial score (nSPS) is 10.2. The number of carbonyl (C=O) groups excluding carboxylic acids is 1. The van der Waals surface area contributed by atoms with E-state index >= 15 is 0 Å². The number of amides is 1. The molecule has 0 bridgehead atoms. The van der Waals surface area contributed by atoms with E-state index in [0.29, 0.717) is 34.0 Å². The maximum Gasteiger partial charge on any atom is 0.264 e. The molecular weight excluding hydrogens is 382 g/mol. The molecule has 146 valence electrons. The van der Waals surface area contributed by atoms with Crippen molar-refractivity contribution in [2.24, 2.45) is 0 Å². The van der Waals surface area contributed by atoms with E-state index in [1.807, 2.05) is 6.07 Å². The van der Waals surface area contributed by atoms with Gasteiger partial charge in [0.2, 0.25) is 5.13 Å². The third kappa shape index (κ3) is 4.68. The SMILES string of the molecule is COc1ccc(OCC(=O)Nc2nc(-c3ccc(OC)c(OC)c3)ns2)cc1. The smallest absolute Gasteiger partial charge is 0.264 e. The van der Waals surface area contributed by atoms with Gasteiger partial charge in [-0.3, -0.25) is 10.1 Å². The van der Waals surface area contributed by atoms with E-state index in [1.165, 1.54) is 0 Å². The summed E-state index contributed by atoms with van der Waals surface area (Å²) in [6.45, 7) is -0.141. The Kier molecular flexibility index (Phi) is 6.28. The predicted molar refractivity (Wildman–Crippen MR) is 106 cm³/mol. The monoisotopic (exact) mass is 401 g/mol. The van der Waals surface area contributed by atoms with E-state index in [9.17, 15) is 4.79 Å². The van der Waals surface area contributed by atoms with Crippen LogP contribution in [0.3, 0.4) is 0 Å². The molecule has 0 atom stereocenters. The van der Waals surface area contributed by atoms with E-state index in [0.717, 1.165) is 17.1 Å². The molecule has 0 aliphatic heterocycles. The van der Waals surface area contributed by atoms with Crippen molar-refractivity contribution in [1.82, 2.24) is 9.36 Å². The largest absolute Gasteiger partial charge is 0.497 e. The van der Waals surface area contributed by atoms with Crippen LogP contribution in [-0.2, 0) is 4.79 Å². The minimum absolute atomic E-state index is 0.141. The number of anilines is 1. The van der Waals surface area contributed by atoms with Gasteiger partial charge in [0, 0.05) is 17.1 Å². The minimum Gasteiger partial charge on any atom is -0.497 e. The molecule has 3 aromatic rings. The Hall–Kier alpha value is -3.33. The van der Waals surface area contributed by atoms with Crippen LogP contribution in [0.1, 0.15) is 0 Å². The molecule has 0 saturated carbocycles. The number of hydrogen-bond acceptors (Lipinski definition) is 8. The second-order valence-corrected chi connectivity index (χ2v) is 6.26. The van der Waals surface area contributed by atoms with Gasteiger partial charge in [0.1, 0.15) is 11.5 Å². The zero-order valence-electron chi connectivity index (χ0n) is 15.6. The highest BCUT2D eigenvalue weighted by Gasteiger charge is 2.13. The van der Waals surface area contributed by atoms with Gasteiger partial charge >= 0.3 is 0 Å². The summed E-state index contributed by atoms with van der Waals surface area (Å²) in [5.41, 5.74) is 0.754. The van der Waals surface area contributed by atoms with Gasteiger partial charge in [-0.2, -0.15) is 9.36 Å². The molecule has 0 saturated heterocycles. The van der Waals surface area contributed by atoms with E-state index in [2.05, 4.69) is 14.7 Å². The van der Waals surface area contributed by atoms with Gasteiger partial charge in [0.05, 0.1) is 21.3 Å². The van der Waals surface area contributed by atoms with Crippen molar-refractivity contribution in [2.45, 2.75) is 0 Å².